The molecule has 1 rings (SSSR count). The number of aliphatic hydroxyl groups excluding tert-OH is 1. The highest BCUT2D eigenvalue weighted by molar-refractivity contribution is 5.73. The molecule has 0 aliphatic carbocycles. The van der Waals surface area contributed by atoms with Crippen LogP contribution in [0.15, 0.2) is 24.4 Å². The Kier molecular flexibility index (Phi) is 6.93. The number of pyridine rings is 1. The van der Waals surface area contributed by atoms with Crippen molar-refractivity contribution >= 4 is 6.03 Å². The zero-order chi connectivity index (χ0) is 15.7. The Hall–Kier alpha value is -1.83. The van der Waals surface area contributed by atoms with Crippen LogP contribution in [0, 0.1) is 5.92 Å². The Morgan fingerprint density at radius 1 is 1.33 bits per heavy atom. The van der Waals surface area contributed by atoms with Crippen LogP contribution >= 0.6 is 0 Å². The maximum atomic E-state index is 11.9. The molecular formula is C13H18F3N3O2. The lowest BCUT2D eigenvalue weighted by Crippen LogP contribution is -2.40. The fourth-order valence-electron chi connectivity index (χ4n) is 1.63. The number of hydrogen-bond acceptors (Lipinski definition) is 3. The molecule has 0 spiro atoms. The predicted octanol–water partition coefficient (Wildman–Crippen LogP) is 1.48. The van der Waals surface area contributed by atoms with Crippen LogP contribution < -0.4 is 10.6 Å². The molecule has 0 aliphatic rings. The molecule has 3 N–H and O–H groups in total. The van der Waals surface area contributed by atoms with Crippen LogP contribution in [0.1, 0.15) is 12.1 Å². The second kappa shape index (κ2) is 8.46. The number of halogens is 3. The van der Waals surface area contributed by atoms with Gasteiger partial charge in [-0.1, -0.05) is 6.07 Å². The summed E-state index contributed by atoms with van der Waals surface area (Å²) in [5, 5.41) is 13.8. The Morgan fingerprint density at radius 3 is 2.67 bits per heavy atom. The van der Waals surface area contributed by atoms with Crippen molar-refractivity contribution in [3.63, 3.8) is 0 Å². The number of aliphatic hydroxyl groups is 1. The number of alkyl halides is 3. The number of carbonyl (C=O) groups excluding carboxylic acids is 1. The van der Waals surface area contributed by atoms with Crippen LogP contribution in [0.4, 0.5) is 18.0 Å². The number of amides is 2. The number of nitrogens with one attached hydrogen (secondary N) is 2. The predicted molar refractivity (Wildman–Crippen MR) is 70.6 cm³/mol. The highest BCUT2D eigenvalue weighted by Crippen LogP contribution is 2.18. The molecule has 1 aromatic heterocycles. The first-order chi connectivity index (χ1) is 9.90. The summed E-state index contributed by atoms with van der Waals surface area (Å²) in [6, 6.07) is 4.70. The number of urea groups is 1. The summed E-state index contributed by atoms with van der Waals surface area (Å²) in [6.45, 7) is -0.469. The average Bonchev–Trinajstić information content (AvgIpc) is 2.43. The van der Waals surface area contributed by atoms with Gasteiger partial charge in [0.2, 0.25) is 0 Å². The van der Waals surface area contributed by atoms with E-state index in [-0.39, 0.29) is 19.1 Å². The fourth-order valence-corrected chi connectivity index (χ4v) is 1.63. The van der Waals surface area contributed by atoms with E-state index >= 15 is 0 Å². The van der Waals surface area contributed by atoms with Crippen molar-refractivity contribution in [1.82, 2.24) is 15.6 Å². The first kappa shape index (κ1) is 17.2. The summed E-state index contributed by atoms with van der Waals surface area (Å²) in [4.78, 5) is 15.4. The second-order valence-electron chi connectivity index (χ2n) is 4.58. The first-order valence-electron chi connectivity index (χ1n) is 6.50. The van der Waals surface area contributed by atoms with E-state index in [1.54, 1.807) is 18.3 Å². The SMILES string of the molecule is O=C(NCCC(F)(F)F)NCC(CO)Cc1ccccn1. The number of rotatable bonds is 7. The molecular weight excluding hydrogens is 287 g/mol. The van der Waals surface area contributed by atoms with E-state index in [0.29, 0.717) is 6.42 Å². The molecule has 0 aliphatic heterocycles. The summed E-state index contributed by atoms with van der Waals surface area (Å²) in [7, 11) is 0. The average molecular weight is 305 g/mol. The van der Waals surface area contributed by atoms with Crippen LogP contribution in [-0.4, -0.2) is 42.0 Å². The number of carbonyl (C=O) groups is 1. The van der Waals surface area contributed by atoms with Gasteiger partial charge in [0.05, 0.1) is 6.42 Å². The van der Waals surface area contributed by atoms with Gasteiger partial charge in [-0.05, 0) is 18.6 Å². The molecule has 0 aromatic carbocycles. The third kappa shape index (κ3) is 8.13. The van der Waals surface area contributed by atoms with Gasteiger partial charge < -0.3 is 15.7 Å². The molecule has 8 heteroatoms. The number of hydrogen-bond donors (Lipinski definition) is 3. The van der Waals surface area contributed by atoms with Gasteiger partial charge in [-0.3, -0.25) is 4.98 Å². The highest BCUT2D eigenvalue weighted by atomic mass is 19.4. The van der Waals surface area contributed by atoms with Crippen molar-refractivity contribution in [1.29, 1.82) is 0 Å². The first-order valence-corrected chi connectivity index (χ1v) is 6.50. The lowest BCUT2D eigenvalue weighted by Gasteiger charge is -2.15. The van der Waals surface area contributed by atoms with E-state index in [2.05, 4.69) is 15.6 Å². The van der Waals surface area contributed by atoms with E-state index < -0.39 is 25.2 Å². The Balaban J connectivity index is 2.26. The normalized spacial score (nSPS) is 12.8. The van der Waals surface area contributed by atoms with E-state index in [1.807, 2.05) is 6.07 Å². The molecule has 1 heterocycles. The summed E-state index contributed by atoms with van der Waals surface area (Å²) in [6.07, 6.45) is -3.26. The van der Waals surface area contributed by atoms with Crippen LogP contribution in [0.3, 0.4) is 0 Å². The number of aromatic nitrogens is 1. The maximum absolute atomic E-state index is 11.9. The zero-order valence-electron chi connectivity index (χ0n) is 11.4. The van der Waals surface area contributed by atoms with Crippen molar-refractivity contribution in [3.05, 3.63) is 30.1 Å². The molecule has 21 heavy (non-hydrogen) atoms. The largest absolute Gasteiger partial charge is 0.396 e. The highest BCUT2D eigenvalue weighted by Gasteiger charge is 2.26. The lowest BCUT2D eigenvalue weighted by molar-refractivity contribution is -0.132. The smallest absolute Gasteiger partial charge is 0.390 e. The third-order valence-electron chi connectivity index (χ3n) is 2.73. The van der Waals surface area contributed by atoms with Crippen molar-refractivity contribution in [2.75, 3.05) is 19.7 Å². The van der Waals surface area contributed by atoms with Gasteiger partial charge >= 0.3 is 12.2 Å². The maximum Gasteiger partial charge on any atom is 0.390 e. The second-order valence-corrected chi connectivity index (χ2v) is 4.58. The van der Waals surface area contributed by atoms with Gasteiger partial charge in [0.25, 0.3) is 0 Å². The van der Waals surface area contributed by atoms with Crippen molar-refractivity contribution in [2.45, 2.75) is 19.0 Å². The van der Waals surface area contributed by atoms with Gasteiger partial charge in [-0.2, -0.15) is 13.2 Å². The van der Waals surface area contributed by atoms with Crippen molar-refractivity contribution in [3.8, 4) is 0 Å². The van der Waals surface area contributed by atoms with Gasteiger partial charge in [-0.15, -0.1) is 0 Å². The van der Waals surface area contributed by atoms with Crippen LogP contribution in [0.5, 0.6) is 0 Å². The molecule has 0 fully saturated rings. The fraction of sp³-hybridized carbons (Fsp3) is 0.538. The molecule has 5 nitrogen and oxygen atoms in total. The third-order valence-corrected chi connectivity index (χ3v) is 2.73. The Morgan fingerprint density at radius 2 is 2.10 bits per heavy atom. The molecule has 1 unspecified atom stereocenters. The van der Waals surface area contributed by atoms with Crippen molar-refractivity contribution in [2.24, 2.45) is 5.92 Å². The minimum absolute atomic E-state index is 0.153. The molecule has 0 radical (unpaired) electrons. The van der Waals surface area contributed by atoms with Gasteiger partial charge in [0.1, 0.15) is 0 Å². The summed E-state index contributed by atoms with van der Waals surface area (Å²) in [5.74, 6) is -0.242. The minimum Gasteiger partial charge on any atom is -0.396 e. The summed E-state index contributed by atoms with van der Waals surface area (Å²) < 4.78 is 35.7. The standard InChI is InChI=1S/C13H18F3N3O2/c14-13(15,16)4-6-18-12(21)19-8-10(9-20)7-11-3-1-2-5-17-11/h1-3,5,10,20H,4,6-9H2,(H2,18,19,21). The molecule has 1 aromatic rings. The van der Waals surface area contributed by atoms with Crippen LogP contribution in [-0.2, 0) is 6.42 Å². The van der Waals surface area contributed by atoms with E-state index in [9.17, 15) is 23.1 Å². The van der Waals surface area contributed by atoms with Gasteiger partial charge in [0.15, 0.2) is 0 Å². The molecule has 118 valence electrons. The number of nitrogens with zero attached hydrogens (tertiary/aromatic N) is 1. The molecule has 1 atom stereocenters. The van der Waals surface area contributed by atoms with E-state index in [4.69, 9.17) is 0 Å². The van der Waals surface area contributed by atoms with Gasteiger partial charge in [-0.25, -0.2) is 4.79 Å². The Labute approximate surface area is 120 Å². The Bertz CT molecular complexity index is 426. The van der Waals surface area contributed by atoms with E-state index in [1.165, 1.54) is 0 Å². The molecule has 2 amide bonds. The van der Waals surface area contributed by atoms with Gasteiger partial charge in [0, 0.05) is 37.5 Å². The molecule has 0 saturated carbocycles. The van der Waals surface area contributed by atoms with Crippen molar-refractivity contribution < 1.29 is 23.1 Å². The topological polar surface area (TPSA) is 74.2 Å². The zero-order valence-corrected chi connectivity index (χ0v) is 11.4. The monoisotopic (exact) mass is 305 g/mol. The quantitative estimate of drug-likeness (QED) is 0.714. The molecule has 0 saturated heterocycles. The van der Waals surface area contributed by atoms with E-state index in [0.717, 1.165) is 5.69 Å². The summed E-state index contributed by atoms with van der Waals surface area (Å²) in [5.41, 5.74) is 0.774. The van der Waals surface area contributed by atoms with Crippen LogP contribution in [0.25, 0.3) is 0 Å². The summed E-state index contributed by atoms with van der Waals surface area (Å²) >= 11 is 0. The van der Waals surface area contributed by atoms with Crippen LogP contribution in [0.2, 0.25) is 0 Å². The minimum atomic E-state index is -4.29. The molecule has 0 bridgehead atoms. The lowest BCUT2D eigenvalue weighted by atomic mass is 10.0.